The van der Waals surface area contributed by atoms with E-state index in [4.69, 9.17) is 15.0 Å². The van der Waals surface area contributed by atoms with Gasteiger partial charge in [0.05, 0.1) is 0 Å². The van der Waals surface area contributed by atoms with Crippen LogP contribution in [0.3, 0.4) is 0 Å². The van der Waals surface area contributed by atoms with Crippen LogP contribution in [-0.2, 0) is 6.42 Å². The van der Waals surface area contributed by atoms with E-state index in [1.165, 1.54) is 38.9 Å². The van der Waals surface area contributed by atoms with Gasteiger partial charge in [0, 0.05) is 16.7 Å². The van der Waals surface area contributed by atoms with Crippen LogP contribution in [0.15, 0.2) is 152 Å². The molecule has 0 N–H and O–H groups in total. The van der Waals surface area contributed by atoms with Gasteiger partial charge in [-0.3, -0.25) is 0 Å². The van der Waals surface area contributed by atoms with Gasteiger partial charge in [0.25, 0.3) is 0 Å². The summed E-state index contributed by atoms with van der Waals surface area (Å²) < 4.78 is 0. The van der Waals surface area contributed by atoms with Gasteiger partial charge in [0.15, 0.2) is 17.5 Å². The van der Waals surface area contributed by atoms with E-state index in [1.807, 2.05) is 60.7 Å². The van der Waals surface area contributed by atoms with E-state index < -0.39 is 0 Å². The first-order valence-corrected chi connectivity index (χ1v) is 14.6. The second-order valence-electron chi connectivity index (χ2n) is 10.9. The lowest BCUT2D eigenvalue weighted by Gasteiger charge is -2.14. The Labute approximate surface area is 251 Å². The Kier molecular flexibility index (Phi) is 6.20. The Morgan fingerprint density at radius 1 is 0.326 bits per heavy atom. The normalized spacial score (nSPS) is 11.6. The van der Waals surface area contributed by atoms with E-state index >= 15 is 0 Å². The lowest BCUT2D eigenvalue weighted by atomic mass is 9.90. The van der Waals surface area contributed by atoms with Gasteiger partial charge in [0.1, 0.15) is 0 Å². The van der Waals surface area contributed by atoms with Crippen molar-refractivity contribution in [1.82, 2.24) is 15.0 Å². The molecule has 0 fully saturated rings. The van der Waals surface area contributed by atoms with Crippen LogP contribution in [0.5, 0.6) is 0 Å². The third-order valence-electron chi connectivity index (χ3n) is 8.16. The Hall–Kier alpha value is -5.67. The molecule has 0 radical (unpaired) electrons. The molecule has 0 amide bonds. The van der Waals surface area contributed by atoms with E-state index in [2.05, 4.69) is 91.0 Å². The summed E-state index contributed by atoms with van der Waals surface area (Å²) in [6, 6.07) is 53.0. The van der Waals surface area contributed by atoms with Gasteiger partial charge >= 0.3 is 0 Å². The van der Waals surface area contributed by atoms with E-state index in [0.717, 1.165) is 28.7 Å². The van der Waals surface area contributed by atoms with E-state index in [9.17, 15) is 0 Å². The highest BCUT2D eigenvalue weighted by Crippen LogP contribution is 2.44. The van der Waals surface area contributed by atoms with Crippen LogP contribution in [0.25, 0.3) is 67.5 Å². The number of fused-ring (bicyclic) bond motifs is 3. The standard InChI is InChI=1S/C40H27N3/c1-4-13-27(14-5-1)35-25-33(26-36-34-22-11-10-19-31(34)24-37(35)36)30-20-12-21-32(23-30)40-42-38(28-15-6-2-7-16-28)41-39(43-40)29-17-8-3-9-18-29/h1-23,25-26H,24H2. The molecule has 3 nitrogen and oxygen atoms in total. The molecule has 0 spiro atoms. The minimum atomic E-state index is 0.657. The molecule has 6 aromatic carbocycles. The highest BCUT2D eigenvalue weighted by atomic mass is 15.0. The fraction of sp³-hybridized carbons (Fsp3) is 0.0250. The molecule has 202 valence electrons. The first-order chi connectivity index (χ1) is 21.3. The number of nitrogens with zero attached hydrogens (tertiary/aromatic N) is 3. The van der Waals surface area contributed by atoms with E-state index in [-0.39, 0.29) is 0 Å². The smallest absolute Gasteiger partial charge is 0.164 e. The summed E-state index contributed by atoms with van der Waals surface area (Å²) in [4.78, 5) is 14.8. The molecule has 3 heteroatoms. The second kappa shape index (κ2) is 10.6. The Balaban J connectivity index is 1.29. The van der Waals surface area contributed by atoms with Gasteiger partial charge < -0.3 is 0 Å². The number of aromatic nitrogens is 3. The molecule has 1 aromatic heterocycles. The maximum absolute atomic E-state index is 4.96. The van der Waals surface area contributed by atoms with Crippen molar-refractivity contribution in [2.24, 2.45) is 0 Å². The van der Waals surface area contributed by atoms with Crippen molar-refractivity contribution in [1.29, 1.82) is 0 Å². The monoisotopic (exact) mass is 549 g/mol. The van der Waals surface area contributed by atoms with Crippen molar-refractivity contribution in [2.75, 3.05) is 0 Å². The fourth-order valence-electron chi connectivity index (χ4n) is 6.05. The second-order valence-corrected chi connectivity index (χ2v) is 10.9. The minimum Gasteiger partial charge on any atom is -0.208 e. The topological polar surface area (TPSA) is 38.7 Å². The largest absolute Gasteiger partial charge is 0.208 e. The molecule has 1 aliphatic rings. The van der Waals surface area contributed by atoms with Crippen molar-refractivity contribution >= 4 is 0 Å². The molecule has 0 saturated carbocycles. The van der Waals surface area contributed by atoms with Crippen molar-refractivity contribution in [3.05, 3.63) is 163 Å². The van der Waals surface area contributed by atoms with E-state index in [0.29, 0.717) is 17.5 Å². The molecule has 1 aliphatic carbocycles. The number of benzene rings is 6. The third-order valence-corrected chi connectivity index (χ3v) is 8.16. The van der Waals surface area contributed by atoms with Crippen molar-refractivity contribution in [3.63, 3.8) is 0 Å². The molecule has 0 unspecified atom stereocenters. The predicted molar refractivity (Wildman–Crippen MR) is 175 cm³/mol. The Bertz CT molecular complexity index is 2030. The zero-order valence-corrected chi connectivity index (χ0v) is 23.5. The van der Waals surface area contributed by atoms with Crippen molar-refractivity contribution in [2.45, 2.75) is 6.42 Å². The first-order valence-electron chi connectivity index (χ1n) is 14.6. The fourth-order valence-corrected chi connectivity index (χ4v) is 6.05. The van der Waals surface area contributed by atoms with Crippen molar-refractivity contribution in [3.8, 4) is 67.5 Å². The predicted octanol–water partition coefficient (Wildman–Crippen LogP) is 9.78. The molecule has 0 bridgehead atoms. The molecule has 0 aliphatic heterocycles. The molecular formula is C40H27N3. The van der Waals surface area contributed by atoms with Crippen LogP contribution in [0, 0.1) is 0 Å². The van der Waals surface area contributed by atoms with Crippen LogP contribution < -0.4 is 0 Å². The van der Waals surface area contributed by atoms with Gasteiger partial charge in [-0.2, -0.15) is 0 Å². The van der Waals surface area contributed by atoms with Gasteiger partial charge in [-0.15, -0.1) is 0 Å². The highest BCUT2D eigenvalue weighted by Gasteiger charge is 2.23. The van der Waals surface area contributed by atoms with Gasteiger partial charge in [-0.1, -0.05) is 133 Å². The summed E-state index contributed by atoms with van der Waals surface area (Å²) in [6.07, 6.45) is 0.950. The van der Waals surface area contributed by atoms with E-state index in [1.54, 1.807) is 0 Å². The quantitative estimate of drug-likeness (QED) is 0.214. The Morgan fingerprint density at radius 2 is 0.814 bits per heavy atom. The lowest BCUT2D eigenvalue weighted by Crippen LogP contribution is -2.00. The number of hydrogen-bond acceptors (Lipinski definition) is 3. The van der Waals surface area contributed by atoms with Crippen molar-refractivity contribution < 1.29 is 0 Å². The molecule has 43 heavy (non-hydrogen) atoms. The SMILES string of the molecule is c1ccc(-c2nc(-c3ccccc3)nc(-c3cccc(-c4cc(-c5ccccc5)c5c(c4)-c4ccccc4C5)c3)n2)cc1. The average Bonchev–Trinajstić information content (AvgIpc) is 3.48. The van der Waals surface area contributed by atoms with Gasteiger partial charge in [0.2, 0.25) is 0 Å². The van der Waals surface area contributed by atoms with Crippen LogP contribution >= 0.6 is 0 Å². The van der Waals surface area contributed by atoms with Crippen LogP contribution in [0.4, 0.5) is 0 Å². The zero-order chi connectivity index (χ0) is 28.6. The molecule has 8 rings (SSSR count). The summed E-state index contributed by atoms with van der Waals surface area (Å²) in [7, 11) is 0. The summed E-state index contributed by atoms with van der Waals surface area (Å²) in [5.41, 5.74) is 13.1. The zero-order valence-electron chi connectivity index (χ0n) is 23.5. The van der Waals surface area contributed by atoms with Crippen LogP contribution in [0.1, 0.15) is 11.1 Å². The lowest BCUT2D eigenvalue weighted by molar-refractivity contribution is 1.07. The third kappa shape index (κ3) is 4.71. The maximum atomic E-state index is 4.96. The highest BCUT2D eigenvalue weighted by molar-refractivity contribution is 5.90. The summed E-state index contributed by atoms with van der Waals surface area (Å²) in [5.74, 6) is 1.98. The van der Waals surface area contributed by atoms with Gasteiger partial charge in [-0.05, 0) is 69.1 Å². The average molecular weight is 550 g/mol. The summed E-state index contributed by atoms with van der Waals surface area (Å²) >= 11 is 0. The minimum absolute atomic E-state index is 0.657. The molecule has 0 saturated heterocycles. The number of rotatable bonds is 5. The summed E-state index contributed by atoms with van der Waals surface area (Å²) in [6.45, 7) is 0. The number of hydrogen-bond donors (Lipinski definition) is 0. The molecule has 7 aromatic rings. The van der Waals surface area contributed by atoms with Gasteiger partial charge in [-0.25, -0.2) is 15.0 Å². The maximum Gasteiger partial charge on any atom is 0.164 e. The molecule has 0 atom stereocenters. The Morgan fingerprint density at radius 3 is 1.47 bits per heavy atom. The van der Waals surface area contributed by atoms with Crippen LogP contribution in [0.2, 0.25) is 0 Å². The first kappa shape index (κ1) is 25.1. The molecular weight excluding hydrogens is 522 g/mol. The molecule has 1 heterocycles. The van der Waals surface area contributed by atoms with Crippen LogP contribution in [-0.4, -0.2) is 15.0 Å². The summed E-state index contributed by atoms with van der Waals surface area (Å²) in [5, 5.41) is 0.